The molecule has 0 aliphatic rings. The van der Waals surface area contributed by atoms with Gasteiger partial charge in [-0.2, -0.15) is 0 Å². The molecule has 3 rings (SSSR count). The topological polar surface area (TPSA) is 48.4 Å². The van der Waals surface area contributed by atoms with Crippen LogP contribution in [0.25, 0.3) is 0 Å². The van der Waals surface area contributed by atoms with Gasteiger partial charge in [0.05, 0.1) is 11.6 Å². The zero-order chi connectivity index (χ0) is 20.1. The van der Waals surface area contributed by atoms with E-state index in [4.69, 9.17) is 44.3 Å². The van der Waals surface area contributed by atoms with Crippen molar-refractivity contribution in [2.24, 2.45) is 0 Å². The fourth-order valence-electron chi connectivity index (χ4n) is 2.48. The van der Waals surface area contributed by atoms with Gasteiger partial charge in [0.15, 0.2) is 5.69 Å². The van der Waals surface area contributed by atoms with Crippen molar-refractivity contribution in [3.05, 3.63) is 78.7 Å². The number of carbonyl (C=O) groups is 1. The van der Waals surface area contributed by atoms with E-state index in [-0.39, 0.29) is 6.61 Å². The first kappa shape index (κ1) is 20.9. The molecule has 1 aromatic heterocycles. The first-order chi connectivity index (χ1) is 13.5. The van der Waals surface area contributed by atoms with Crippen molar-refractivity contribution in [1.29, 1.82) is 0 Å². The van der Waals surface area contributed by atoms with Gasteiger partial charge < -0.3 is 9.47 Å². The monoisotopic (exact) mass is 455 g/mol. The first-order valence-electron chi connectivity index (χ1n) is 8.43. The molecule has 146 valence electrons. The van der Waals surface area contributed by atoms with Gasteiger partial charge in [0.2, 0.25) is 0 Å². The summed E-state index contributed by atoms with van der Waals surface area (Å²) in [5.74, 6) is 0.244. The number of hydrogen-bond acceptors (Lipinski definition) is 5. The van der Waals surface area contributed by atoms with Crippen molar-refractivity contribution in [3.8, 4) is 5.75 Å². The van der Waals surface area contributed by atoms with Crippen LogP contribution in [0.3, 0.4) is 0 Å². The molecule has 0 spiro atoms. The molecule has 0 atom stereocenters. The van der Waals surface area contributed by atoms with Gasteiger partial charge in [-0.1, -0.05) is 40.9 Å². The molecule has 2 aromatic carbocycles. The maximum atomic E-state index is 11.8. The summed E-state index contributed by atoms with van der Waals surface area (Å²) in [5, 5.41) is 4.16. The molecule has 3 aromatic rings. The van der Waals surface area contributed by atoms with E-state index < -0.39 is 5.97 Å². The fraction of sp³-hybridized carbons (Fsp3) is 0.200. The third kappa shape index (κ3) is 5.39. The standard InChI is InChI=1S/C20H16Cl3NO3S/c1-2-26-20(25)17-11-28-19(24-17)8-13-7-14(21)5-6-18(13)27-10-12-3-4-15(22)9-16(12)23/h3-7,9,11H,2,8,10H2,1H3. The largest absolute Gasteiger partial charge is 0.489 e. The summed E-state index contributed by atoms with van der Waals surface area (Å²) in [4.78, 5) is 16.1. The smallest absolute Gasteiger partial charge is 0.357 e. The van der Waals surface area contributed by atoms with Gasteiger partial charge in [0.1, 0.15) is 12.4 Å². The number of rotatable bonds is 7. The Morgan fingerprint density at radius 1 is 1.07 bits per heavy atom. The zero-order valence-corrected chi connectivity index (χ0v) is 18.0. The molecular formula is C20H16Cl3NO3S. The van der Waals surface area contributed by atoms with Gasteiger partial charge in [-0.25, -0.2) is 9.78 Å². The van der Waals surface area contributed by atoms with Crippen LogP contribution in [-0.4, -0.2) is 17.6 Å². The third-order valence-electron chi connectivity index (χ3n) is 3.80. The minimum absolute atomic E-state index is 0.288. The number of ether oxygens (including phenoxy) is 2. The molecule has 0 N–H and O–H groups in total. The van der Waals surface area contributed by atoms with Crippen molar-refractivity contribution in [2.45, 2.75) is 20.0 Å². The van der Waals surface area contributed by atoms with E-state index in [1.807, 2.05) is 12.1 Å². The Labute approximate surface area is 182 Å². The average Bonchev–Trinajstić information content (AvgIpc) is 3.11. The van der Waals surface area contributed by atoms with Crippen LogP contribution in [0.15, 0.2) is 41.8 Å². The average molecular weight is 457 g/mol. The highest BCUT2D eigenvalue weighted by Crippen LogP contribution is 2.29. The van der Waals surface area contributed by atoms with Gasteiger partial charge in [-0.3, -0.25) is 0 Å². The Bertz CT molecular complexity index is 991. The van der Waals surface area contributed by atoms with Gasteiger partial charge in [-0.15, -0.1) is 11.3 Å². The number of halogens is 3. The number of thiazole rings is 1. The summed E-state index contributed by atoms with van der Waals surface area (Å²) >= 11 is 19.7. The third-order valence-corrected chi connectivity index (χ3v) is 5.47. The van der Waals surface area contributed by atoms with Crippen molar-refractivity contribution in [3.63, 3.8) is 0 Å². The number of aromatic nitrogens is 1. The van der Waals surface area contributed by atoms with Crippen LogP contribution >= 0.6 is 46.1 Å². The Morgan fingerprint density at radius 3 is 2.57 bits per heavy atom. The van der Waals surface area contributed by atoms with E-state index in [0.717, 1.165) is 16.1 Å². The molecule has 0 amide bonds. The Hall–Kier alpha value is -1.79. The summed E-state index contributed by atoms with van der Waals surface area (Å²) in [5.41, 5.74) is 1.99. The maximum Gasteiger partial charge on any atom is 0.357 e. The fourth-order valence-corrected chi connectivity index (χ4v) is 3.92. The molecule has 28 heavy (non-hydrogen) atoms. The first-order valence-corrected chi connectivity index (χ1v) is 10.4. The molecule has 0 radical (unpaired) electrons. The molecular weight excluding hydrogens is 441 g/mol. The normalized spacial score (nSPS) is 10.7. The van der Waals surface area contributed by atoms with Crippen LogP contribution in [0.5, 0.6) is 5.75 Å². The van der Waals surface area contributed by atoms with E-state index in [0.29, 0.717) is 39.5 Å². The van der Waals surface area contributed by atoms with Gasteiger partial charge in [0, 0.05) is 38.0 Å². The Kier molecular flexibility index (Phi) is 7.18. The van der Waals surface area contributed by atoms with Crippen molar-refractivity contribution >= 4 is 52.1 Å². The van der Waals surface area contributed by atoms with Gasteiger partial charge in [-0.05, 0) is 37.3 Å². The summed E-state index contributed by atoms with van der Waals surface area (Å²) in [6.07, 6.45) is 0.480. The number of hydrogen-bond donors (Lipinski definition) is 0. The molecule has 8 heteroatoms. The van der Waals surface area contributed by atoms with Crippen LogP contribution in [-0.2, 0) is 17.8 Å². The second kappa shape index (κ2) is 9.61. The van der Waals surface area contributed by atoms with Crippen LogP contribution in [0, 0.1) is 0 Å². The lowest BCUT2D eigenvalue weighted by molar-refractivity contribution is 0.0520. The summed E-state index contributed by atoms with van der Waals surface area (Å²) in [6.45, 7) is 2.36. The predicted molar refractivity (Wildman–Crippen MR) is 113 cm³/mol. The molecule has 0 unspecified atom stereocenters. The van der Waals surface area contributed by atoms with E-state index in [1.54, 1.807) is 36.6 Å². The number of nitrogens with zero attached hydrogens (tertiary/aromatic N) is 1. The quantitative estimate of drug-likeness (QED) is 0.383. The van der Waals surface area contributed by atoms with Crippen LogP contribution in [0.1, 0.15) is 33.5 Å². The lowest BCUT2D eigenvalue weighted by Gasteiger charge is -2.12. The lowest BCUT2D eigenvalue weighted by atomic mass is 10.1. The molecule has 0 saturated carbocycles. The molecule has 4 nitrogen and oxygen atoms in total. The summed E-state index contributed by atoms with van der Waals surface area (Å²) in [7, 11) is 0. The van der Waals surface area contributed by atoms with Crippen LogP contribution in [0.4, 0.5) is 0 Å². The SMILES string of the molecule is CCOC(=O)c1csc(Cc2cc(Cl)ccc2OCc2ccc(Cl)cc2Cl)n1. The van der Waals surface area contributed by atoms with E-state index in [9.17, 15) is 4.79 Å². The highest BCUT2D eigenvalue weighted by molar-refractivity contribution is 7.09. The van der Waals surface area contributed by atoms with Crippen molar-refractivity contribution in [1.82, 2.24) is 4.98 Å². The van der Waals surface area contributed by atoms with Crippen LogP contribution < -0.4 is 4.74 Å². The van der Waals surface area contributed by atoms with E-state index in [2.05, 4.69) is 4.98 Å². The minimum Gasteiger partial charge on any atom is -0.489 e. The highest BCUT2D eigenvalue weighted by Gasteiger charge is 2.14. The van der Waals surface area contributed by atoms with Crippen LogP contribution in [0.2, 0.25) is 15.1 Å². The predicted octanol–water partition coefficient (Wildman–Crippen LogP) is 6.45. The molecule has 1 heterocycles. The van der Waals surface area contributed by atoms with E-state index >= 15 is 0 Å². The van der Waals surface area contributed by atoms with Gasteiger partial charge >= 0.3 is 5.97 Å². The molecule has 0 bridgehead atoms. The zero-order valence-electron chi connectivity index (χ0n) is 14.9. The molecule has 0 aliphatic heterocycles. The molecule has 0 fully saturated rings. The second-order valence-electron chi connectivity index (χ2n) is 5.80. The summed E-state index contributed by atoms with van der Waals surface area (Å²) in [6, 6.07) is 10.7. The van der Waals surface area contributed by atoms with E-state index in [1.165, 1.54) is 11.3 Å². The summed E-state index contributed by atoms with van der Waals surface area (Å²) < 4.78 is 10.9. The number of carbonyl (C=O) groups excluding carboxylic acids is 1. The number of benzene rings is 2. The second-order valence-corrected chi connectivity index (χ2v) is 8.02. The lowest BCUT2D eigenvalue weighted by Crippen LogP contribution is -2.05. The Morgan fingerprint density at radius 2 is 1.82 bits per heavy atom. The number of esters is 1. The minimum atomic E-state index is -0.426. The highest BCUT2D eigenvalue weighted by atomic mass is 35.5. The molecule has 0 aliphatic carbocycles. The van der Waals surface area contributed by atoms with Crippen molar-refractivity contribution in [2.75, 3.05) is 6.61 Å². The van der Waals surface area contributed by atoms with Gasteiger partial charge in [0.25, 0.3) is 0 Å². The maximum absolute atomic E-state index is 11.8. The van der Waals surface area contributed by atoms with Crippen molar-refractivity contribution < 1.29 is 14.3 Å². The molecule has 0 saturated heterocycles. The Balaban J connectivity index is 1.76.